The first-order valence-corrected chi connectivity index (χ1v) is 8.39. The number of sulfonamides is 1. The van der Waals surface area contributed by atoms with Gasteiger partial charge >= 0.3 is 0 Å². The van der Waals surface area contributed by atoms with Crippen molar-refractivity contribution in [2.75, 3.05) is 20.2 Å². The summed E-state index contributed by atoms with van der Waals surface area (Å²) in [5, 5.41) is 0.477. The van der Waals surface area contributed by atoms with Crippen LogP contribution in [-0.2, 0) is 14.8 Å². The number of hydrogen-bond donors (Lipinski definition) is 0. The Bertz CT molecular complexity index is 534. The van der Waals surface area contributed by atoms with Crippen LogP contribution in [0.2, 0.25) is 5.02 Å². The van der Waals surface area contributed by atoms with Gasteiger partial charge in [0.25, 0.3) is 0 Å². The van der Waals surface area contributed by atoms with Crippen LogP contribution in [0.5, 0.6) is 0 Å². The summed E-state index contributed by atoms with van der Waals surface area (Å²) in [7, 11) is -1.98. The summed E-state index contributed by atoms with van der Waals surface area (Å²) < 4.78 is 31.7. The van der Waals surface area contributed by atoms with Crippen LogP contribution in [-0.4, -0.2) is 39.0 Å². The van der Waals surface area contributed by atoms with Gasteiger partial charge in [0.2, 0.25) is 10.0 Å². The summed E-state index contributed by atoms with van der Waals surface area (Å²) in [6, 6.07) is 4.54. The lowest BCUT2D eigenvalue weighted by Crippen LogP contribution is -2.30. The van der Waals surface area contributed by atoms with Crippen molar-refractivity contribution in [3.8, 4) is 0 Å². The van der Waals surface area contributed by atoms with Gasteiger partial charge in [-0.15, -0.1) is 0 Å². The van der Waals surface area contributed by atoms with Crippen molar-refractivity contribution in [2.24, 2.45) is 0 Å². The molecule has 0 fully saturated rings. The largest absolute Gasteiger partial charge is 0.377 e. The zero-order valence-electron chi connectivity index (χ0n) is 11.1. The van der Waals surface area contributed by atoms with Crippen LogP contribution in [0.3, 0.4) is 0 Å². The molecule has 1 aromatic rings. The molecule has 0 aromatic heterocycles. The van der Waals surface area contributed by atoms with Gasteiger partial charge in [0.1, 0.15) is 0 Å². The Kier molecular flexibility index (Phi) is 6.26. The Balaban J connectivity index is 2.81. The molecule has 0 spiro atoms. The van der Waals surface area contributed by atoms with Gasteiger partial charge in [-0.3, -0.25) is 0 Å². The fraction of sp³-hybridized carbons (Fsp3) is 0.500. The highest BCUT2D eigenvalue weighted by Crippen LogP contribution is 2.26. The first-order valence-electron chi connectivity index (χ1n) is 5.78. The molecule has 19 heavy (non-hydrogen) atoms. The second-order valence-electron chi connectivity index (χ2n) is 4.32. The third kappa shape index (κ3) is 4.72. The molecule has 0 bridgehead atoms. The van der Waals surface area contributed by atoms with Gasteiger partial charge in [0, 0.05) is 18.1 Å². The SMILES string of the molecule is CC(C)OCCN(C)S(=O)(=O)c1ccc(Cl)c(Br)c1. The molecule has 0 radical (unpaired) electrons. The predicted octanol–water partition coefficient (Wildman–Crippen LogP) is 3.15. The molecule has 0 unspecified atom stereocenters. The van der Waals surface area contributed by atoms with Crippen LogP contribution in [0.4, 0.5) is 0 Å². The fourth-order valence-corrected chi connectivity index (χ4v) is 3.18. The highest BCUT2D eigenvalue weighted by molar-refractivity contribution is 9.10. The van der Waals surface area contributed by atoms with Gasteiger partial charge in [0.15, 0.2) is 0 Å². The van der Waals surface area contributed by atoms with Crippen molar-refractivity contribution >= 4 is 37.6 Å². The Morgan fingerprint density at radius 1 is 1.42 bits per heavy atom. The molecular weight excluding hydrogens is 354 g/mol. The lowest BCUT2D eigenvalue weighted by Gasteiger charge is -2.18. The van der Waals surface area contributed by atoms with Crippen molar-refractivity contribution in [2.45, 2.75) is 24.8 Å². The van der Waals surface area contributed by atoms with Crippen molar-refractivity contribution in [3.05, 3.63) is 27.7 Å². The summed E-state index contributed by atoms with van der Waals surface area (Å²) >= 11 is 9.07. The van der Waals surface area contributed by atoms with Crippen molar-refractivity contribution in [1.29, 1.82) is 0 Å². The Morgan fingerprint density at radius 2 is 2.05 bits per heavy atom. The maximum Gasteiger partial charge on any atom is 0.242 e. The molecule has 7 heteroatoms. The van der Waals surface area contributed by atoms with Crippen LogP contribution < -0.4 is 0 Å². The second-order valence-corrected chi connectivity index (χ2v) is 7.63. The number of hydrogen-bond acceptors (Lipinski definition) is 3. The standard InChI is InChI=1S/C12H17BrClNO3S/c1-9(2)18-7-6-15(3)19(16,17)10-4-5-12(14)11(13)8-10/h4-5,8-9H,6-7H2,1-3H3. The van der Waals surface area contributed by atoms with Crippen molar-refractivity contribution in [3.63, 3.8) is 0 Å². The lowest BCUT2D eigenvalue weighted by atomic mass is 10.4. The first kappa shape index (κ1) is 16.9. The van der Waals surface area contributed by atoms with Gasteiger partial charge in [-0.1, -0.05) is 11.6 Å². The van der Waals surface area contributed by atoms with Crippen LogP contribution in [0.15, 0.2) is 27.6 Å². The van der Waals surface area contributed by atoms with Gasteiger partial charge in [-0.05, 0) is 48.0 Å². The number of likely N-dealkylation sites (N-methyl/N-ethyl adjacent to an activating group) is 1. The van der Waals surface area contributed by atoms with Crippen LogP contribution in [0.1, 0.15) is 13.8 Å². The van der Waals surface area contributed by atoms with Crippen LogP contribution >= 0.6 is 27.5 Å². The summed E-state index contributed by atoms with van der Waals surface area (Å²) in [5.74, 6) is 0. The molecule has 0 aliphatic carbocycles. The van der Waals surface area contributed by atoms with E-state index in [0.29, 0.717) is 22.6 Å². The minimum absolute atomic E-state index is 0.0841. The molecule has 0 heterocycles. The van der Waals surface area contributed by atoms with E-state index in [1.807, 2.05) is 13.8 Å². The molecule has 108 valence electrons. The third-order valence-electron chi connectivity index (χ3n) is 2.46. The molecular formula is C12H17BrClNO3S. The van der Waals surface area contributed by atoms with E-state index >= 15 is 0 Å². The molecule has 0 atom stereocenters. The molecule has 0 N–H and O–H groups in total. The van der Waals surface area contributed by atoms with E-state index in [4.69, 9.17) is 16.3 Å². The minimum atomic E-state index is -3.51. The monoisotopic (exact) mass is 369 g/mol. The van der Waals surface area contributed by atoms with Crippen LogP contribution in [0.25, 0.3) is 0 Å². The third-order valence-corrected chi connectivity index (χ3v) is 5.52. The predicted molar refractivity (Wildman–Crippen MR) is 80.1 cm³/mol. The maximum absolute atomic E-state index is 12.3. The molecule has 0 aliphatic heterocycles. The topological polar surface area (TPSA) is 46.6 Å². The van der Waals surface area contributed by atoms with Crippen molar-refractivity contribution < 1.29 is 13.2 Å². The molecule has 1 aromatic carbocycles. The molecule has 0 saturated carbocycles. The summed E-state index contributed by atoms with van der Waals surface area (Å²) in [6.07, 6.45) is 0.0841. The second kappa shape index (κ2) is 7.04. The molecule has 0 saturated heterocycles. The average Bonchev–Trinajstić information content (AvgIpc) is 2.31. The number of benzene rings is 1. The van der Waals surface area contributed by atoms with E-state index in [-0.39, 0.29) is 11.0 Å². The highest BCUT2D eigenvalue weighted by Gasteiger charge is 2.21. The minimum Gasteiger partial charge on any atom is -0.377 e. The average molecular weight is 371 g/mol. The van der Waals surface area contributed by atoms with Gasteiger partial charge in [-0.2, -0.15) is 4.31 Å². The van der Waals surface area contributed by atoms with E-state index in [2.05, 4.69) is 15.9 Å². The van der Waals surface area contributed by atoms with E-state index in [0.717, 1.165) is 0 Å². The zero-order valence-corrected chi connectivity index (χ0v) is 14.2. The van der Waals surface area contributed by atoms with E-state index in [1.54, 1.807) is 6.07 Å². The summed E-state index contributed by atoms with van der Waals surface area (Å²) in [4.78, 5) is 0.204. The number of ether oxygens (including phenoxy) is 1. The Morgan fingerprint density at radius 3 is 2.58 bits per heavy atom. The summed E-state index contributed by atoms with van der Waals surface area (Å²) in [5.41, 5.74) is 0. The molecule has 4 nitrogen and oxygen atoms in total. The number of nitrogens with zero attached hydrogens (tertiary/aromatic N) is 1. The van der Waals surface area contributed by atoms with E-state index in [1.165, 1.54) is 23.5 Å². The summed E-state index contributed by atoms with van der Waals surface area (Å²) in [6.45, 7) is 4.48. The molecule has 1 rings (SSSR count). The van der Waals surface area contributed by atoms with Crippen molar-refractivity contribution in [1.82, 2.24) is 4.31 Å². The number of halogens is 2. The fourth-order valence-electron chi connectivity index (χ4n) is 1.35. The van der Waals surface area contributed by atoms with E-state index in [9.17, 15) is 8.42 Å². The molecule has 0 aliphatic rings. The normalized spacial score (nSPS) is 12.4. The van der Waals surface area contributed by atoms with Gasteiger partial charge in [-0.25, -0.2) is 8.42 Å². The van der Waals surface area contributed by atoms with Gasteiger partial charge in [0.05, 0.1) is 22.6 Å². The Labute approximate surface area is 127 Å². The maximum atomic E-state index is 12.3. The lowest BCUT2D eigenvalue weighted by molar-refractivity contribution is 0.0737. The molecule has 0 amide bonds. The highest BCUT2D eigenvalue weighted by atomic mass is 79.9. The van der Waals surface area contributed by atoms with Gasteiger partial charge < -0.3 is 4.74 Å². The number of rotatable bonds is 6. The zero-order chi connectivity index (χ0) is 14.6. The smallest absolute Gasteiger partial charge is 0.242 e. The quantitative estimate of drug-likeness (QED) is 0.773. The van der Waals surface area contributed by atoms with E-state index < -0.39 is 10.0 Å². The first-order chi connectivity index (χ1) is 8.75. The Hall–Kier alpha value is -0.140. The van der Waals surface area contributed by atoms with Crippen LogP contribution in [0, 0.1) is 0 Å².